The highest BCUT2D eigenvalue weighted by Crippen LogP contribution is 2.35. The van der Waals surface area contributed by atoms with Crippen molar-refractivity contribution in [1.82, 2.24) is 4.98 Å². The monoisotopic (exact) mass is 388 g/mol. The Bertz CT molecular complexity index is 765. The fourth-order valence-electron chi connectivity index (χ4n) is 3.76. The maximum Gasteiger partial charge on any atom is 0.137 e. The Morgan fingerprint density at radius 1 is 1.33 bits per heavy atom. The zero-order valence-corrected chi connectivity index (χ0v) is 17.1. The van der Waals surface area contributed by atoms with E-state index in [1.165, 1.54) is 44.3 Å². The number of thioether (sulfide) groups is 1. The molecular weight excluding hydrogens is 356 g/mol. The van der Waals surface area contributed by atoms with Gasteiger partial charge in [-0.3, -0.25) is 4.98 Å². The summed E-state index contributed by atoms with van der Waals surface area (Å²) in [6.45, 7) is 1.84. The summed E-state index contributed by atoms with van der Waals surface area (Å²) in [5.74, 6) is 4.75. The van der Waals surface area contributed by atoms with E-state index in [9.17, 15) is 5.11 Å². The second-order valence-electron chi connectivity index (χ2n) is 8.84. The van der Waals surface area contributed by atoms with Gasteiger partial charge in [-0.25, -0.2) is 0 Å². The number of aliphatic hydroxyl groups is 1. The van der Waals surface area contributed by atoms with Crippen LogP contribution in [-0.2, 0) is 12.8 Å². The Morgan fingerprint density at radius 2 is 2.15 bits per heavy atom. The summed E-state index contributed by atoms with van der Waals surface area (Å²) in [7, 11) is 0. The largest absolute Gasteiger partial charge is 0.461 e. The zero-order chi connectivity index (χ0) is 18.9. The molecule has 0 radical (unpaired) electrons. The van der Waals surface area contributed by atoms with Crippen LogP contribution in [-0.4, -0.2) is 33.2 Å². The lowest BCUT2D eigenvalue weighted by Gasteiger charge is -2.31. The third-order valence-corrected chi connectivity index (χ3v) is 7.58. The Hall–Kier alpha value is -1.04. The molecule has 4 rings (SSSR count). The summed E-state index contributed by atoms with van der Waals surface area (Å²) < 4.78 is 6.01. The van der Waals surface area contributed by atoms with Crippen molar-refractivity contribution in [2.24, 2.45) is 17.6 Å². The molecule has 0 amide bonds. The van der Waals surface area contributed by atoms with Gasteiger partial charge in [0.05, 0.1) is 11.3 Å². The molecule has 0 spiro atoms. The molecular formula is C22H32N2O2S. The molecule has 148 valence electrons. The number of furan rings is 1. The van der Waals surface area contributed by atoms with E-state index < -0.39 is 5.60 Å². The number of pyridine rings is 1. The first-order chi connectivity index (χ1) is 13.0. The van der Waals surface area contributed by atoms with Gasteiger partial charge in [-0.15, -0.1) is 0 Å². The highest BCUT2D eigenvalue weighted by atomic mass is 32.2. The van der Waals surface area contributed by atoms with E-state index >= 15 is 0 Å². The molecule has 27 heavy (non-hydrogen) atoms. The fraction of sp³-hybridized carbons (Fsp3) is 0.682. The number of fused-ring (bicyclic) bond motifs is 1. The van der Waals surface area contributed by atoms with Crippen LogP contribution in [0, 0.1) is 11.8 Å². The van der Waals surface area contributed by atoms with Crippen molar-refractivity contribution in [1.29, 1.82) is 0 Å². The molecule has 2 aromatic rings. The maximum atomic E-state index is 11.0. The molecule has 2 aromatic heterocycles. The molecule has 0 aliphatic heterocycles. The first-order valence-corrected chi connectivity index (χ1v) is 11.6. The van der Waals surface area contributed by atoms with Gasteiger partial charge < -0.3 is 15.3 Å². The molecule has 0 aromatic carbocycles. The van der Waals surface area contributed by atoms with Crippen LogP contribution in [0.4, 0.5) is 0 Å². The van der Waals surface area contributed by atoms with Crippen molar-refractivity contribution < 1.29 is 9.52 Å². The van der Waals surface area contributed by atoms with Crippen LogP contribution in [0.3, 0.4) is 0 Å². The lowest BCUT2D eigenvalue weighted by molar-refractivity contribution is 0.0397. The van der Waals surface area contributed by atoms with Crippen LogP contribution in [0.1, 0.15) is 56.9 Å². The minimum atomic E-state index is -0.973. The Kier molecular flexibility index (Phi) is 5.81. The molecule has 2 heterocycles. The van der Waals surface area contributed by atoms with Gasteiger partial charge in [0.25, 0.3) is 0 Å². The maximum absolute atomic E-state index is 11.0. The lowest BCUT2D eigenvalue weighted by atomic mass is 9.87. The van der Waals surface area contributed by atoms with Gasteiger partial charge in [-0.05, 0) is 55.9 Å². The smallest absolute Gasteiger partial charge is 0.137 e. The standard InChI is InChI=1S/C22H32N2O2S/c1-22(25,21(23)14-27-13-16-3-2-4-16)12-19-18-11-17(8-7-15-5-6-15)26-20(18)9-10-24-19/h9-11,15-16,21,25H,2-8,12-14,23H2,1H3/t21-,22?/m0/s1. The average Bonchev–Trinajstić information content (AvgIpc) is 3.32. The van der Waals surface area contributed by atoms with Crippen molar-refractivity contribution in [3.63, 3.8) is 0 Å². The minimum Gasteiger partial charge on any atom is -0.461 e. The van der Waals surface area contributed by atoms with Crippen LogP contribution < -0.4 is 5.73 Å². The molecule has 1 unspecified atom stereocenters. The predicted octanol–water partition coefficient (Wildman–Crippen LogP) is 4.32. The van der Waals surface area contributed by atoms with E-state index in [4.69, 9.17) is 10.2 Å². The van der Waals surface area contributed by atoms with E-state index in [2.05, 4.69) is 11.1 Å². The minimum absolute atomic E-state index is 0.263. The van der Waals surface area contributed by atoms with Crippen LogP contribution in [0.5, 0.6) is 0 Å². The highest BCUT2D eigenvalue weighted by molar-refractivity contribution is 7.99. The number of hydrogen-bond acceptors (Lipinski definition) is 5. The summed E-state index contributed by atoms with van der Waals surface area (Å²) in [5, 5.41) is 12.0. The number of nitrogens with two attached hydrogens (primary N) is 1. The molecule has 2 fully saturated rings. The topological polar surface area (TPSA) is 72.3 Å². The molecule has 3 N–H and O–H groups in total. The van der Waals surface area contributed by atoms with E-state index in [0.29, 0.717) is 6.42 Å². The normalized spacial score (nSPS) is 21.1. The van der Waals surface area contributed by atoms with Gasteiger partial charge >= 0.3 is 0 Å². The third kappa shape index (κ3) is 4.87. The zero-order valence-electron chi connectivity index (χ0n) is 16.3. The third-order valence-electron chi connectivity index (χ3n) is 6.27. The molecule has 0 bridgehead atoms. The Morgan fingerprint density at radius 3 is 2.85 bits per heavy atom. The Balaban J connectivity index is 1.39. The predicted molar refractivity (Wildman–Crippen MR) is 112 cm³/mol. The molecule has 4 nitrogen and oxygen atoms in total. The van der Waals surface area contributed by atoms with Gasteiger partial charge in [0.2, 0.25) is 0 Å². The number of hydrogen-bond donors (Lipinski definition) is 2. The summed E-state index contributed by atoms with van der Waals surface area (Å²) in [5.41, 5.74) is 7.14. The number of rotatable bonds is 10. The quantitative estimate of drug-likeness (QED) is 0.634. The van der Waals surface area contributed by atoms with E-state index in [1.807, 2.05) is 24.8 Å². The first kappa shape index (κ1) is 19.3. The van der Waals surface area contributed by atoms with Crippen molar-refractivity contribution in [3.8, 4) is 0 Å². The number of nitrogens with zero attached hydrogens (tertiary/aromatic N) is 1. The van der Waals surface area contributed by atoms with E-state index in [-0.39, 0.29) is 6.04 Å². The summed E-state index contributed by atoms with van der Waals surface area (Å²) in [6, 6.07) is 3.77. The number of aromatic nitrogens is 1. The van der Waals surface area contributed by atoms with Crippen LogP contribution in [0.25, 0.3) is 11.0 Å². The molecule has 2 saturated carbocycles. The molecule has 2 atom stereocenters. The van der Waals surface area contributed by atoms with Gasteiger partial charge in [0.1, 0.15) is 11.3 Å². The van der Waals surface area contributed by atoms with Crippen LogP contribution in [0.2, 0.25) is 0 Å². The molecule has 2 aliphatic rings. The Labute approximate surface area is 166 Å². The fourth-order valence-corrected chi connectivity index (χ4v) is 5.18. The van der Waals surface area contributed by atoms with Crippen LogP contribution >= 0.6 is 11.8 Å². The molecule has 0 saturated heterocycles. The summed E-state index contributed by atoms with van der Waals surface area (Å²) >= 11 is 1.88. The lowest BCUT2D eigenvalue weighted by Crippen LogP contribution is -2.49. The van der Waals surface area contributed by atoms with Crippen molar-refractivity contribution in [2.75, 3.05) is 11.5 Å². The van der Waals surface area contributed by atoms with E-state index in [1.54, 1.807) is 6.20 Å². The average molecular weight is 389 g/mol. The first-order valence-electron chi connectivity index (χ1n) is 10.4. The highest BCUT2D eigenvalue weighted by Gasteiger charge is 2.31. The van der Waals surface area contributed by atoms with Crippen molar-refractivity contribution in [3.05, 3.63) is 29.8 Å². The van der Waals surface area contributed by atoms with Gasteiger partial charge in [0.15, 0.2) is 0 Å². The van der Waals surface area contributed by atoms with Crippen molar-refractivity contribution >= 4 is 22.7 Å². The second kappa shape index (κ2) is 8.14. The van der Waals surface area contributed by atoms with Gasteiger partial charge in [0, 0.05) is 36.2 Å². The summed E-state index contributed by atoms with van der Waals surface area (Å²) in [4.78, 5) is 4.54. The van der Waals surface area contributed by atoms with Crippen molar-refractivity contribution in [2.45, 2.75) is 69.9 Å². The van der Waals surface area contributed by atoms with Gasteiger partial charge in [-0.2, -0.15) is 11.8 Å². The molecule has 2 aliphatic carbocycles. The van der Waals surface area contributed by atoms with E-state index in [0.717, 1.165) is 46.4 Å². The number of aryl methyl sites for hydroxylation is 1. The second-order valence-corrected chi connectivity index (χ2v) is 9.91. The van der Waals surface area contributed by atoms with Gasteiger partial charge in [-0.1, -0.05) is 19.3 Å². The van der Waals surface area contributed by atoms with Crippen LogP contribution in [0.15, 0.2) is 22.7 Å². The summed E-state index contributed by atoms with van der Waals surface area (Å²) in [6.07, 6.45) is 11.3. The SMILES string of the molecule is CC(O)(Cc1nccc2oc(CCC3CC3)cc12)[C@@H](N)CSCC1CCC1. The molecule has 5 heteroatoms.